The van der Waals surface area contributed by atoms with Crippen molar-refractivity contribution in [3.05, 3.63) is 120 Å². The zero-order valence-corrected chi connectivity index (χ0v) is 27.2. The van der Waals surface area contributed by atoms with E-state index in [0.717, 1.165) is 0 Å². The first-order valence-corrected chi connectivity index (χ1v) is 16.9. The number of nitrogens with zero attached hydrogens (tertiary/aromatic N) is 2. The van der Waals surface area contributed by atoms with Gasteiger partial charge in [-0.15, -0.1) is 0 Å². The van der Waals surface area contributed by atoms with Crippen LogP contribution in [-0.4, -0.2) is 12.3 Å². The summed E-state index contributed by atoms with van der Waals surface area (Å²) in [5.41, 5.74) is 17.0. The van der Waals surface area contributed by atoms with Gasteiger partial charge in [0.05, 0.1) is 5.54 Å². The highest BCUT2D eigenvalue weighted by Crippen LogP contribution is 2.61. The first kappa shape index (κ1) is 27.1. The molecule has 5 aromatic carbocycles. The normalized spacial score (nSPS) is 22.1. The Kier molecular flexibility index (Phi) is 5.52. The van der Waals surface area contributed by atoms with Gasteiger partial charge in [-0.1, -0.05) is 113 Å². The first-order valence-electron chi connectivity index (χ1n) is 16.9. The van der Waals surface area contributed by atoms with Gasteiger partial charge in [0, 0.05) is 33.9 Å². The molecule has 3 heterocycles. The van der Waals surface area contributed by atoms with E-state index in [1.54, 1.807) is 5.56 Å². The minimum absolute atomic E-state index is 0.0395. The molecule has 5 aromatic rings. The summed E-state index contributed by atoms with van der Waals surface area (Å²) in [6, 6.07) is 41.2. The van der Waals surface area contributed by atoms with Crippen molar-refractivity contribution in [3.8, 4) is 11.1 Å². The number of rotatable bonds is 3. The van der Waals surface area contributed by atoms with Crippen LogP contribution < -0.4 is 26.2 Å². The Morgan fingerprint density at radius 1 is 0.667 bits per heavy atom. The van der Waals surface area contributed by atoms with Crippen LogP contribution in [0.5, 0.6) is 0 Å². The Morgan fingerprint density at radius 3 is 2.04 bits per heavy atom. The third-order valence-corrected chi connectivity index (χ3v) is 11.9. The molecule has 0 spiro atoms. The molecule has 45 heavy (non-hydrogen) atoms. The molecule has 3 aliphatic heterocycles. The maximum atomic E-state index is 2.84. The molecule has 0 radical (unpaired) electrons. The smallest absolute Gasteiger partial charge is 0.248 e. The average molecular weight is 585 g/mol. The number of para-hydroxylation sites is 3. The summed E-state index contributed by atoms with van der Waals surface area (Å²) in [6.07, 6.45) is 5.11. The standard InChI is InChI=1S/C42H41BN2/c1-40(2,3)28-25-33-32-27-31(44(29-15-8-6-9-16-29)30-17-10-7-11-18-30)21-22-35(32)43-36-20-14-19-34-39(36)45(37(26-28)38(33)43)42(5)24-13-12-23-41(34,42)4/h6-11,14-22,25-27H,12-13,23-24H2,1-5H3. The predicted octanol–water partition coefficient (Wildman–Crippen LogP) is 9.01. The molecule has 0 N–H and O–H groups in total. The average Bonchev–Trinajstić information content (AvgIpc) is 3.48. The lowest BCUT2D eigenvalue weighted by Gasteiger charge is -2.51. The molecule has 2 unspecified atom stereocenters. The van der Waals surface area contributed by atoms with Gasteiger partial charge in [0.2, 0.25) is 6.71 Å². The predicted molar refractivity (Wildman–Crippen MR) is 193 cm³/mol. The molecule has 0 amide bonds. The second-order valence-electron chi connectivity index (χ2n) is 15.3. The maximum Gasteiger partial charge on any atom is 0.248 e. The molecule has 2 atom stereocenters. The van der Waals surface area contributed by atoms with Gasteiger partial charge in [-0.2, -0.15) is 0 Å². The zero-order chi connectivity index (χ0) is 30.7. The largest absolute Gasteiger partial charge is 0.335 e. The molecule has 3 heteroatoms. The fraction of sp³-hybridized carbons (Fsp3) is 0.286. The van der Waals surface area contributed by atoms with E-state index in [1.165, 1.54) is 87.2 Å². The van der Waals surface area contributed by atoms with E-state index in [0.29, 0.717) is 0 Å². The Labute approximate surface area is 268 Å². The first-order chi connectivity index (χ1) is 21.7. The minimum Gasteiger partial charge on any atom is -0.335 e. The quantitative estimate of drug-likeness (QED) is 0.192. The summed E-state index contributed by atoms with van der Waals surface area (Å²) in [5.74, 6) is 0. The van der Waals surface area contributed by atoms with Crippen LogP contribution in [0.3, 0.4) is 0 Å². The van der Waals surface area contributed by atoms with Crippen LogP contribution in [0.1, 0.15) is 71.4 Å². The SMILES string of the molecule is CC(C)(C)c1cc2c3c(c1)N1c4c(cccc4C4(C)CCCCC14C)B3c1ccc(N(c3ccccc3)c3ccccc3)cc1-2. The summed E-state index contributed by atoms with van der Waals surface area (Å²) in [6.45, 7) is 12.5. The monoisotopic (exact) mass is 584 g/mol. The summed E-state index contributed by atoms with van der Waals surface area (Å²) in [4.78, 5) is 5.24. The Bertz CT molecular complexity index is 1950. The molecule has 0 saturated heterocycles. The van der Waals surface area contributed by atoms with Crippen molar-refractivity contribution in [1.82, 2.24) is 0 Å². The summed E-state index contributed by atoms with van der Waals surface area (Å²) >= 11 is 0. The van der Waals surface area contributed by atoms with Gasteiger partial charge < -0.3 is 9.80 Å². The van der Waals surface area contributed by atoms with Gasteiger partial charge in [-0.05, 0) is 101 Å². The molecule has 9 rings (SSSR count). The van der Waals surface area contributed by atoms with Crippen molar-refractivity contribution in [3.63, 3.8) is 0 Å². The van der Waals surface area contributed by atoms with E-state index in [9.17, 15) is 0 Å². The van der Waals surface area contributed by atoms with Gasteiger partial charge in [-0.3, -0.25) is 0 Å². The number of hydrogen-bond donors (Lipinski definition) is 0. The van der Waals surface area contributed by atoms with Crippen molar-refractivity contribution < 1.29 is 0 Å². The van der Waals surface area contributed by atoms with Crippen LogP contribution in [0.25, 0.3) is 11.1 Å². The summed E-state index contributed by atoms with van der Waals surface area (Å²) < 4.78 is 0. The molecular formula is C42H41BN2. The van der Waals surface area contributed by atoms with Gasteiger partial charge in [0.1, 0.15) is 0 Å². The topological polar surface area (TPSA) is 6.48 Å². The van der Waals surface area contributed by atoms with Crippen LogP contribution in [0.4, 0.5) is 28.4 Å². The lowest BCUT2D eigenvalue weighted by atomic mass is 9.37. The van der Waals surface area contributed by atoms with Crippen LogP contribution in [0.2, 0.25) is 0 Å². The summed E-state index contributed by atoms with van der Waals surface area (Å²) in [5, 5.41) is 0. The fourth-order valence-electron chi connectivity index (χ4n) is 9.43. The highest BCUT2D eigenvalue weighted by molar-refractivity contribution is 7.01. The minimum atomic E-state index is 0.0395. The molecule has 1 saturated carbocycles. The Hall–Kier alpha value is -4.24. The second-order valence-corrected chi connectivity index (χ2v) is 15.3. The molecule has 1 fully saturated rings. The maximum absolute atomic E-state index is 2.84. The molecule has 4 aliphatic rings. The number of fused-ring (bicyclic) bond motifs is 8. The van der Waals surface area contributed by atoms with Crippen molar-refractivity contribution in [2.75, 3.05) is 9.80 Å². The van der Waals surface area contributed by atoms with E-state index in [2.05, 4.69) is 154 Å². The van der Waals surface area contributed by atoms with E-state index in [-0.39, 0.29) is 23.1 Å². The van der Waals surface area contributed by atoms with Crippen LogP contribution in [0, 0.1) is 0 Å². The molecular weight excluding hydrogens is 543 g/mol. The summed E-state index contributed by atoms with van der Waals surface area (Å²) in [7, 11) is 0. The van der Waals surface area contributed by atoms with Gasteiger partial charge in [-0.25, -0.2) is 0 Å². The molecule has 0 bridgehead atoms. The highest BCUT2D eigenvalue weighted by Gasteiger charge is 2.61. The van der Waals surface area contributed by atoms with Crippen molar-refractivity contribution >= 4 is 51.5 Å². The zero-order valence-electron chi connectivity index (χ0n) is 27.2. The fourth-order valence-corrected chi connectivity index (χ4v) is 9.43. The molecule has 222 valence electrons. The lowest BCUT2D eigenvalue weighted by molar-refractivity contribution is 0.195. The molecule has 1 aliphatic carbocycles. The van der Waals surface area contributed by atoms with Gasteiger partial charge >= 0.3 is 0 Å². The van der Waals surface area contributed by atoms with Crippen LogP contribution in [-0.2, 0) is 10.8 Å². The van der Waals surface area contributed by atoms with Crippen molar-refractivity contribution in [2.45, 2.75) is 76.7 Å². The molecule has 2 nitrogen and oxygen atoms in total. The van der Waals surface area contributed by atoms with E-state index in [4.69, 9.17) is 0 Å². The van der Waals surface area contributed by atoms with Crippen LogP contribution >= 0.6 is 0 Å². The van der Waals surface area contributed by atoms with Crippen molar-refractivity contribution in [2.24, 2.45) is 0 Å². The van der Waals surface area contributed by atoms with Gasteiger partial charge in [0.25, 0.3) is 0 Å². The van der Waals surface area contributed by atoms with E-state index >= 15 is 0 Å². The third kappa shape index (κ3) is 3.53. The van der Waals surface area contributed by atoms with E-state index in [1.807, 2.05) is 0 Å². The number of anilines is 5. The third-order valence-electron chi connectivity index (χ3n) is 11.9. The van der Waals surface area contributed by atoms with Gasteiger partial charge in [0.15, 0.2) is 0 Å². The second kappa shape index (κ2) is 9.16. The highest BCUT2D eigenvalue weighted by atomic mass is 15.3. The van der Waals surface area contributed by atoms with Crippen LogP contribution in [0.15, 0.2) is 109 Å². The lowest BCUT2D eigenvalue weighted by Crippen LogP contribution is -2.60. The molecule has 0 aromatic heterocycles. The Balaban J connectivity index is 1.33. The van der Waals surface area contributed by atoms with Crippen molar-refractivity contribution in [1.29, 1.82) is 0 Å². The van der Waals surface area contributed by atoms with E-state index < -0.39 is 0 Å². The Morgan fingerprint density at radius 2 is 1.36 bits per heavy atom. The number of hydrogen-bond acceptors (Lipinski definition) is 2. The number of benzene rings is 5.